The summed E-state index contributed by atoms with van der Waals surface area (Å²) in [5.74, 6) is 1.87. The van der Waals surface area contributed by atoms with Gasteiger partial charge in [0.2, 0.25) is 0 Å². The lowest BCUT2D eigenvalue weighted by Crippen LogP contribution is -2.30. The van der Waals surface area contributed by atoms with Gasteiger partial charge in [-0.3, -0.25) is 0 Å². The van der Waals surface area contributed by atoms with Crippen LogP contribution in [0, 0.1) is 6.92 Å². The number of hydrogen-bond acceptors (Lipinski definition) is 3. The highest BCUT2D eigenvalue weighted by atomic mass is 16.5. The van der Waals surface area contributed by atoms with Crippen molar-refractivity contribution < 1.29 is 9.47 Å². The van der Waals surface area contributed by atoms with Crippen LogP contribution in [0.15, 0.2) is 36.4 Å². The van der Waals surface area contributed by atoms with Crippen molar-refractivity contribution in [3.05, 3.63) is 47.5 Å². The largest absolute Gasteiger partial charge is 0.497 e. The molecule has 0 amide bonds. The molecule has 118 valence electrons. The molecule has 0 saturated heterocycles. The number of aryl methyl sites for hydroxylation is 2. The molecule has 0 spiro atoms. The van der Waals surface area contributed by atoms with E-state index in [0.717, 1.165) is 29.9 Å². The van der Waals surface area contributed by atoms with Gasteiger partial charge in [0.05, 0.1) is 7.11 Å². The third kappa shape index (κ3) is 2.95. The average molecular weight is 299 g/mol. The maximum absolute atomic E-state index is 6.12. The number of benzene rings is 2. The maximum Gasteiger partial charge on any atom is 0.130 e. The van der Waals surface area contributed by atoms with E-state index in [9.17, 15) is 0 Å². The molecule has 0 aliphatic carbocycles. The van der Waals surface area contributed by atoms with Crippen LogP contribution in [-0.2, 0) is 6.42 Å². The molecule has 3 nitrogen and oxygen atoms in total. The van der Waals surface area contributed by atoms with Gasteiger partial charge >= 0.3 is 0 Å². The molecule has 1 aliphatic rings. The van der Waals surface area contributed by atoms with Crippen LogP contribution in [0.5, 0.6) is 11.5 Å². The number of ether oxygens (including phenoxy) is 2. The van der Waals surface area contributed by atoms with Crippen molar-refractivity contribution in [2.45, 2.75) is 33.3 Å². The van der Waals surface area contributed by atoms with E-state index in [1.807, 2.05) is 6.07 Å². The van der Waals surface area contributed by atoms with Crippen LogP contribution >= 0.6 is 0 Å². The fourth-order valence-corrected chi connectivity index (χ4v) is 2.91. The molecule has 0 aromatic heterocycles. The van der Waals surface area contributed by atoms with Crippen molar-refractivity contribution in [2.24, 2.45) is 5.73 Å². The highest BCUT2D eigenvalue weighted by Crippen LogP contribution is 2.39. The van der Waals surface area contributed by atoms with Crippen LogP contribution in [0.25, 0.3) is 11.1 Å². The predicted octanol–water partition coefficient (Wildman–Crippen LogP) is 3.96. The summed E-state index contributed by atoms with van der Waals surface area (Å²) in [6, 6.07) is 12.5. The first-order chi connectivity index (χ1) is 10.2. The molecule has 1 atom stereocenters. The second-order valence-electron chi connectivity index (χ2n) is 5.49. The summed E-state index contributed by atoms with van der Waals surface area (Å²) < 4.78 is 11.4. The Hall–Kier alpha value is -2.00. The number of nitrogens with two attached hydrogens (primary N) is 1. The lowest BCUT2D eigenvalue weighted by Gasteiger charge is -2.27. The number of fused-ring (bicyclic) bond motifs is 1. The SMILES string of the molecule is C.COc1ccc(-c2cccc3c2O[C@@H](CN)CC3)c(C)c1. The second-order valence-corrected chi connectivity index (χ2v) is 5.49. The number of para-hydroxylation sites is 1. The lowest BCUT2D eigenvalue weighted by atomic mass is 9.93. The Bertz CT molecular complexity index is 652. The molecule has 2 N–H and O–H groups in total. The summed E-state index contributed by atoms with van der Waals surface area (Å²) in [4.78, 5) is 0. The minimum absolute atomic E-state index is 0. The van der Waals surface area contributed by atoms with Gasteiger partial charge < -0.3 is 15.2 Å². The van der Waals surface area contributed by atoms with Crippen LogP contribution < -0.4 is 15.2 Å². The minimum Gasteiger partial charge on any atom is -0.497 e. The van der Waals surface area contributed by atoms with Gasteiger partial charge in [-0.2, -0.15) is 0 Å². The van der Waals surface area contributed by atoms with Gasteiger partial charge in [-0.15, -0.1) is 0 Å². The van der Waals surface area contributed by atoms with Crippen molar-refractivity contribution >= 4 is 0 Å². The molecule has 3 heteroatoms. The van der Waals surface area contributed by atoms with E-state index < -0.39 is 0 Å². The van der Waals surface area contributed by atoms with Crippen molar-refractivity contribution in [1.82, 2.24) is 0 Å². The third-order valence-corrected chi connectivity index (χ3v) is 4.10. The quantitative estimate of drug-likeness (QED) is 0.933. The Kier molecular flexibility index (Phi) is 5.09. The first-order valence-corrected chi connectivity index (χ1v) is 7.36. The molecule has 0 unspecified atom stereocenters. The Morgan fingerprint density at radius 2 is 2.05 bits per heavy atom. The van der Waals surface area contributed by atoms with Gasteiger partial charge in [-0.25, -0.2) is 0 Å². The molecule has 22 heavy (non-hydrogen) atoms. The summed E-state index contributed by atoms with van der Waals surface area (Å²) in [7, 11) is 1.69. The lowest BCUT2D eigenvalue weighted by molar-refractivity contribution is 0.182. The van der Waals surface area contributed by atoms with E-state index in [4.69, 9.17) is 15.2 Å². The zero-order valence-electron chi connectivity index (χ0n) is 12.6. The normalized spacial score (nSPS) is 16.2. The molecule has 0 fully saturated rings. The fourth-order valence-electron chi connectivity index (χ4n) is 2.91. The van der Waals surface area contributed by atoms with Crippen molar-refractivity contribution in [1.29, 1.82) is 0 Å². The first-order valence-electron chi connectivity index (χ1n) is 7.36. The standard InChI is InChI=1S/C18H21NO2.CH4/c1-12-10-14(20-2)8-9-16(12)17-5-3-4-13-6-7-15(11-19)21-18(13)17;/h3-5,8-10,15H,6-7,11,19H2,1-2H3;1H4/t15-;/m1./s1. The molecule has 1 heterocycles. The average Bonchev–Trinajstić information content (AvgIpc) is 2.53. The van der Waals surface area contributed by atoms with E-state index >= 15 is 0 Å². The van der Waals surface area contributed by atoms with Crippen LogP contribution in [0.3, 0.4) is 0 Å². The molecule has 2 aromatic rings. The van der Waals surface area contributed by atoms with E-state index in [-0.39, 0.29) is 13.5 Å². The van der Waals surface area contributed by atoms with Gasteiger partial charge in [-0.1, -0.05) is 31.7 Å². The Morgan fingerprint density at radius 1 is 1.23 bits per heavy atom. The molecular formula is C19H25NO2. The van der Waals surface area contributed by atoms with Gasteiger partial charge in [-0.05, 0) is 48.6 Å². The van der Waals surface area contributed by atoms with E-state index in [1.165, 1.54) is 16.7 Å². The van der Waals surface area contributed by atoms with Gasteiger partial charge in [0, 0.05) is 12.1 Å². The minimum atomic E-state index is 0. The summed E-state index contributed by atoms with van der Waals surface area (Å²) in [6.07, 6.45) is 2.15. The number of rotatable bonds is 3. The number of hydrogen-bond donors (Lipinski definition) is 1. The van der Waals surface area contributed by atoms with Crippen LogP contribution in [0.2, 0.25) is 0 Å². The second kappa shape index (κ2) is 6.84. The molecule has 3 rings (SSSR count). The topological polar surface area (TPSA) is 44.5 Å². The van der Waals surface area contributed by atoms with Crippen LogP contribution in [-0.4, -0.2) is 19.8 Å². The Labute approximate surface area is 133 Å². The Balaban J connectivity index is 0.00000176. The van der Waals surface area contributed by atoms with Crippen molar-refractivity contribution in [3.8, 4) is 22.6 Å². The molecular weight excluding hydrogens is 274 g/mol. The maximum atomic E-state index is 6.12. The van der Waals surface area contributed by atoms with E-state index in [2.05, 4.69) is 37.3 Å². The summed E-state index contributed by atoms with van der Waals surface area (Å²) >= 11 is 0. The zero-order chi connectivity index (χ0) is 14.8. The van der Waals surface area contributed by atoms with E-state index in [1.54, 1.807) is 7.11 Å². The Morgan fingerprint density at radius 3 is 2.73 bits per heavy atom. The van der Waals surface area contributed by atoms with Crippen LogP contribution in [0.1, 0.15) is 25.0 Å². The smallest absolute Gasteiger partial charge is 0.130 e. The van der Waals surface area contributed by atoms with Crippen LogP contribution in [0.4, 0.5) is 0 Å². The first kappa shape index (κ1) is 16.4. The number of methoxy groups -OCH3 is 1. The molecule has 0 saturated carbocycles. The summed E-state index contributed by atoms with van der Waals surface area (Å²) in [5, 5.41) is 0. The van der Waals surface area contributed by atoms with Gasteiger partial charge in [0.25, 0.3) is 0 Å². The molecule has 1 aliphatic heterocycles. The third-order valence-electron chi connectivity index (χ3n) is 4.10. The van der Waals surface area contributed by atoms with Gasteiger partial charge in [0.1, 0.15) is 17.6 Å². The highest BCUT2D eigenvalue weighted by Gasteiger charge is 2.22. The monoisotopic (exact) mass is 299 g/mol. The van der Waals surface area contributed by atoms with E-state index in [0.29, 0.717) is 6.54 Å². The van der Waals surface area contributed by atoms with Gasteiger partial charge in [0.15, 0.2) is 0 Å². The molecule has 2 aromatic carbocycles. The molecule has 0 radical (unpaired) electrons. The summed E-state index contributed by atoms with van der Waals surface area (Å²) in [5.41, 5.74) is 10.6. The predicted molar refractivity (Wildman–Crippen MR) is 91.7 cm³/mol. The highest BCUT2D eigenvalue weighted by molar-refractivity contribution is 5.75. The molecule has 0 bridgehead atoms. The summed E-state index contributed by atoms with van der Waals surface area (Å²) in [6.45, 7) is 2.66. The van der Waals surface area contributed by atoms with Crippen molar-refractivity contribution in [2.75, 3.05) is 13.7 Å². The zero-order valence-corrected chi connectivity index (χ0v) is 12.6. The fraction of sp³-hybridized carbons (Fsp3) is 0.368. The van der Waals surface area contributed by atoms with Crippen molar-refractivity contribution in [3.63, 3.8) is 0 Å².